The molecule has 0 fully saturated rings. The Labute approximate surface area is 136 Å². The summed E-state index contributed by atoms with van der Waals surface area (Å²) >= 11 is 6.05. The van der Waals surface area contributed by atoms with E-state index in [1.54, 1.807) is 25.1 Å². The van der Waals surface area contributed by atoms with Crippen LogP contribution in [0.25, 0.3) is 0 Å². The number of hydrogen-bond donors (Lipinski definition) is 1. The summed E-state index contributed by atoms with van der Waals surface area (Å²) in [4.78, 5) is 16.4. The van der Waals surface area contributed by atoms with Gasteiger partial charge in [-0.25, -0.2) is 13.8 Å². The number of benzene rings is 1. The molecule has 1 aromatic carbocycles. The van der Waals surface area contributed by atoms with Gasteiger partial charge in [-0.05, 0) is 31.2 Å². The summed E-state index contributed by atoms with van der Waals surface area (Å²) in [6.07, 6.45) is -2.70. The first-order chi connectivity index (χ1) is 10.9. The second-order valence-electron chi connectivity index (χ2n) is 5.36. The largest absolute Gasteiger partial charge is 0.496 e. The first kappa shape index (κ1) is 15.7. The van der Waals surface area contributed by atoms with Gasteiger partial charge in [0.25, 0.3) is 6.43 Å². The third-order valence-electron chi connectivity index (χ3n) is 4.07. The number of nitrogens with one attached hydrogen (secondary N) is 1. The maximum Gasteiger partial charge on any atom is 0.280 e. The monoisotopic (exact) mass is 338 g/mol. The molecule has 0 saturated heterocycles. The van der Waals surface area contributed by atoms with Crippen LogP contribution in [0.2, 0.25) is 5.02 Å². The van der Waals surface area contributed by atoms with Crippen LogP contribution >= 0.6 is 11.6 Å². The lowest BCUT2D eigenvalue weighted by molar-refractivity contribution is -0.119. The van der Waals surface area contributed by atoms with Crippen LogP contribution in [-0.4, -0.2) is 18.0 Å². The van der Waals surface area contributed by atoms with Gasteiger partial charge in [0.05, 0.1) is 7.11 Å². The van der Waals surface area contributed by atoms with Crippen LogP contribution in [0.15, 0.2) is 30.3 Å². The van der Waals surface area contributed by atoms with E-state index in [4.69, 9.17) is 16.3 Å². The van der Waals surface area contributed by atoms with Crippen molar-refractivity contribution in [2.75, 3.05) is 12.4 Å². The minimum Gasteiger partial charge on any atom is -0.496 e. The Morgan fingerprint density at radius 1 is 1.26 bits per heavy atom. The molecule has 0 spiro atoms. The maximum absolute atomic E-state index is 12.8. The standard InChI is InChI=1S/C16H13ClF2N2O2/c1-16(10-7-8(17)3-6-12(10)23-2)9-4-5-11(13(18)19)20-14(9)21-15(16)22/h3-7,13H,1-2H3,(H,20,21,22). The Balaban J connectivity index is 2.21. The van der Waals surface area contributed by atoms with Crippen LogP contribution < -0.4 is 10.1 Å². The van der Waals surface area contributed by atoms with E-state index >= 15 is 0 Å². The van der Waals surface area contributed by atoms with Crippen LogP contribution in [0.1, 0.15) is 30.2 Å². The topological polar surface area (TPSA) is 51.2 Å². The van der Waals surface area contributed by atoms with Crippen molar-refractivity contribution in [1.82, 2.24) is 4.98 Å². The first-order valence-electron chi connectivity index (χ1n) is 6.83. The summed E-state index contributed by atoms with van der Waals surface area (Å²) in [5, 5.41) is 3.02. The predicted molar refractivity (Wildman–Crippen MR) is 82.3 cm³/mol. The molecule has 0 radical (unpaired) electrons. The molecular weight excluding hydrogens is 326 g/mol. The number of aromatic nitrogens is 1. The van der Waals surface area contributed by atoms with Gasteiger partial charge >= 0.3 is 0 Å². The number of carbonyl (C=O) groups is 1. The number of amides is 1. The maximum atomic E-state index is 12.8. The molecule has 23 heavy (non-hydrogen) atoms. The zero-order chi connectivity index (χ0) is 16.8. The lowest BCUT2D eigenvalue weighted by Gasteiger charge is -2.25. The van der Waals surface area contributed by atoms with E-state index in [1.807, 2.05) is 0 Å². The fourth-order valence-corrected chi connectivity index (χ4v) is 2.96. The average molecular weight is 339 g/mol. The van der Waals surface area contributed by atoms with Crippen molar-refractivity contribution in [3.63, 3.8) is 0 Å². The van der Waals surface area contributed by atoms with Crippen LogP contribution in [0.3, 0.4) is 0 Å². The highest BCUT2D eigenvalue weighted by Gasteiger charge is 2.47. The Morgan fingerprint density at radius 3 is 2.65 bits per heavy atom. The summed E-state index contributed by atoms with van der Waals surface area (Å²) in [7, 11) is 1.49. The van der Waals surface area contributed by atoms with E-state index < -0.39 is 11.8 Å². The number of alkyl halides is 2. The summed E-state index contributed by atoms with van der Waals surface area (Å²) in [5.41, 5.74) is -0.451. The van der Waals surface area contributed by atoms with E-state index in [0.717, 1.165) is 0 Å². The second kappa shape index (κ2) is 5.45. The summed E-state index contributed by atoms with van der Waals surface area (Å²) in [5.74, 6) is 0.252. The number of anilines is 1. The molecule has 4 nitrogen and oxygen atoms in total. The number of pyridine rings is 1. The zero-order valence-electron chi connectivity index (χ0n) is 12.4. The molecule has 1 aliphatic rings. The van der Waals surface area contributed by atoms with Gasteiger partial charge in [0.2, 0.25) is 5.91 Å². The fraction of sp³-hybridized carbons (Fsp3) is 0.250. The summed E-state index contributed by atoms with van der Waals surface area (Å²) in [6.45, 7) is 1.69. The Bertz CT molecular complexity index is 798. The van der Waals surface area contributed by atoms with E-state index in [-0.39, 0.29) is 17.4 Å². The van der Waals surface area contributed by atoms with Gasteiger partial charge < -0.3 is 10.1 Å². The molecule has 120 valence electrons. The molecule has 1 N–H and O–H groups in total. The van der Waals surface area contributed by atoms with Crippen LogP contribution in [0, 0.1) is 0 Å². The molecule has 2 aromatic rings. The third-order valence-corrected chi connectivity index (χ3v) is 4.30. The number of nitrogens with zero attached hydrogens (tertiary/aromatic N) is 1. The van der Waals surface area contributed by atoms with Gasteiger partial charge in [0.15, 0.2) is 0 Å². The lowest BCUT2D eigenvalue weighted by atomic mass is 9.77. The Hall–Kier alpha value is -2.21. The molecule has 0 bridgehead atoms. The summed E-state index contributed by atoms with van der Waals surface area (Å²) < 4.78 is 30.9. The Kier molecular flexibility index (Phi) is 3.72. The van der Waals surface area contributed by atoms with Gasteiger partial charge in [-0.3, -0.25) is 4.79 Å². The van der Waals surface area contributed by atoms with Crippen LogP contribution in [0.4, 0.5) is 14.6 Å². The van der Waals surface area contributed by atoms with Gasteiger partial charge in [-0.1, -0.05) is 17.7 Å². The number of fused-ring (bicyclic) bond motifs is 1. The molecule has 7 heteroatoms. The molecule has 1 aliphatic heterocycles. The average Bonchev–Trinajstić information content (AvgIpc) is 2.78. The van der Waals surface area contributed by atoms with Crippen molar-refractivity contribution in [2.45, 2.75) is 18.8 Å². The lowest BCUT2D eigenvalue weighted by Crippen LogP contribution is -2.32. The quantitative estimate of drug-likeness (QED) is 0.922. The molecule has 3 rings (SSSR count). The molecule has 1 unspecified atom stereocenters. The van der Waals surface area contributed by atoms with Crippen molar-refractivity contribution in [3.05, 3.63) is 52.2 Å². The molecular formula is C16H13ClF2N2O2. The Morgan fingerprint density at radius 2 is 2.00 bits per heavy atom. The van der Waals surface area contributed by atoms with E-state index in [0.29, 0.717) is 21.9 Å². The number of rotatable bonds is 3. The van der Waals surface area contributed by atoms with Gasteiger partial charge in [0.1, 0.15) is 22.7 Å². The molecule has 0 saturated carbocycles. The van der Waals surface area contributed by atoms with E-state index in [1.165, 1.54) is 19.2 Å². The number of carbonyl (C=O) groups excluding carboxylic acids is 1. The van der Waals surface area contributed by atoms with Crippen molar-refractivity contribution in [2.24, 2.45) is 0 Å². The first-order valence-corrected chi connectivity index (χ1v) is 7.20. The smallest absolute Gasteiger partial charge is 0.280 e. The SMILES string of the molecule is COc1ccc(Cl)cc1C1(C)C(=O)Nc2nc(C(F)F)ccc21. The molecule has 1 aromatic heterocycles. The van der Waals surface area contributed by atoms with Crippen molar-refractivity contribution in [1.29, 1.82) is 0 Å². The number of hydrogen-bond acceptors (Lipinski definition) is 3. The molecule has 0 aliphatic carbocycles. The van der Waals surface area contributed by atoms with Crippen LogP contribution in [0.5, 0.6) is 5.75 Å². The minimum absolute atomic E-state index is 0.136. The fourth-order valence-electron chi connectivity index (χ4n) is 2.79. The van der Waals surface area contributed by atoms with Crippen LogP contribution in [-0.2, 0) is 10.2 Å². The highest BCUT2D eigenvalue weighted by atomic mass is 35.5. The zero-order valence-corrected chi connectivity index (χ0v) is 13.1. The number of halogens is 3. The second-order valence-corrected chi connectivity index (χ2v) is 5.79. The van der Waals surface area contributed by atoms with Gasteiger partial charge in [-0.2, -0.15) is 0 Å². The van der Waals surface area contributed by atoms with E-state index in [9.17, 15) is 13.6 Å². The number of methoxy groups -OCH3 is 1. The van der Waals surface area contributed by atoms with E-state index in [2.05, 4.69) is 10.3 Å². The van der Waals surface area contributed by atoms with Crippen molar-refractivity contribution in [3.8, 4) is 5.75 Å². The predicted octanol–water partition coefficient (Wildman–Crippen LogP) is 3.94. The molecule has 2 heterocycles. The molecule has 1 atom stereocenters. The third kappa shape index (κ3) is 2.34. The molecule has 1 amide bonds. The minimum atomic E-state index is -2.70. The summed E-state index contributed by atoms with van der Waals surface area (Å²) in [6, 6.07) is 7.66. The van der Waals surface area contributed by atoms with Gasteiger partial charge in [0, 0.05) is 16.1 Å². The highest BCUT2D eigenvalue weighted by Crippen LogP contribution is 2.46. The number of ether oxygens (including phenoxy) is 1. The van der Waals surface area contributed by atoms with Gasteiger partial charge in [-0.15, -0.1) is 0 Å². The highest BCUT2D eigenvalue weighted by molar-refractivity contribution is 6.30. The van der Waals surface area contributed by atoms with Crippen molar-refractivity contribution < 1.29 is 18.3 Å². The normalized spacial score (nSPS) is 19.7. The van der Waals surface area contributed by atoms with Crippen molar-refractivity contribution >= 4 is 23.3 Å².